The lowest BCUT2D eigenvalue weighted by molar-refractivity contribution is -0.123. The number of nitrogens with zero attached hydrogens (tertiary/aromatic N) is 1. The molecule has 2 aromatic carbocycles. The van der Waals surface area contributed by atoms with Gasteiger partial charge in [0.1, 0.15) is 11.6 Å². The van der Waals surface area contributed by atoms with Gasteiger partial charge in [0.15, 0.2) is 6.61 Å². The van der Waals surface area contributed by atoms with Crippen LogP contribution >= 0.6 is 11.6 Å². The highest BCUT2D eigenvalue weighted by Crippen LogP contribution is 2.18. The molecule has 0 spiro atoms. The molecule has 0 aromatic heterocycles. The molecule has 1 N–H and O–H groups in total. The van der Waals surface area contributed by atoms with Crippen molar-refractivity contribution in [3.63, 3.8) is 0 Å². The molecule has 0 fully saturated rings. The minimum atomic E-state index is -0.432. The first-order valence-electron chi connectivity index (χ1n) is 7.45. The van der Waals surface area contributed by atoms with Crippen LogP contribution in [0.25, 0.3) is 0 Å². The number of hydrogen-bond acceptors (Lipinski definition) is 3. The number of carbonyl (C=O) groups excluding carboxylic acids is 1. The molecule has 0 aliphatic rings. The van der Waals surface area contributed by atoms with Crippen molar-refractivity contribution >= 4 is 23.7 Å². The Labute approximate surface area is 145 Å². The molecule has 0 aliphatic carbocycles. The second kappa shape index (κ2) is 8.45. The van der Waals surface area contributed by atoms with Crippen molar-refractivity contribution in [3.8, 4) is 5.75 Å². The molecule has 0 bridgehead atoms. The van der Waals surface area contributed by atoms with E-state index in [-0.39, 0.29) is 11.6 Å². The van der Waals surface area contributed by atoms with E-state index in [0.29, 0.717) is 17.2 Å². The molecule has 0 unspecified atom stereocenters. The maximum atomic E-state index is 12.9. The van der Waals surface area contributed by atoms with Gasteiger partial charge in [-0.25, -0.2) is 9.82 Å². The zero-order valence-corrected chi connectivity index (χ0v) is 14.2. The average Bonchev–Trinajstić information content (AvgIpc) is 2.55. The van der Waals surface area contributed by atoms with Crippen LogP contribution in [-0.4, -0.2) is 18.7 Å². The van der Waals surface area contributed by atoms with E-state index in [9.17, 15) is 9.18 Å². The predicted molar refractivity (Wildman–Crippen MR) is 93.2 cm³/mol. The molecule has 0 atom stereocenters. The van der Waals surface area contributed by atoms with Gasteiger partial charge >= 0.3 is 0 Å². The van der Waals surface area contributed by atoms with Gasteiger partial charge in [0.05, 0.1) is 11.2 Å². The summed E-state index contributed by atoms with van der Waals surface area (Å²) in [6.07, 6.45) is 1.34. The predicted octanol–water partition coefficient (Wildman–Crippen LogP) is 4.13. The fourth-order valence-corrected chi connectivity index (χ4v) is 2.13. The van der Waals surface area contributed by atoms with Crippen LogP contribution in [-0.2, 0) is 4.79 Å². The Bertz CT molecular complexity index is 730. The Balaban J connectivity index is 1.81. The van der Waals surface area contributed by atoms with Gasteiger partial charge in [-0.15, -0.1) is 0 Å². The molecule has 0 heterocycles. The van der Waals surface area contributed by atoms with E-state index >= 15 is 0 Å². The first-order valence-corrected chi connectivity index (χ1v) is 7.83. The van der Waals surface area contributed by atoms with Gasteiger partial charge in [0.25, 0.3) is 5.91 Å². The van der Waals surface area contributed by atoms with E-state index in [1.165, 1.54) is 30.0 Å². The van der Waals surface area contributed by atoms with Crippen LogP contribution in [0.1, 0.15) is 30.9 Å². The Morgan fingerprint density at radius 1 is 1.29 bits per heavy atom. The minimum absolute atomic E-state index is 0.157. The largest absolute Gasteiger partial charge is 0.484 e. The number of hydrazone groups is 1. The second-order valence-electron chi connectivity index (χ2n) is 5.47. The van der Waals surface area contributed by atoms with Crippen LogP contribution in [0.15, 0.2) is 47.6 Å². The van der Waals surface area contributed by atoms with E-state index in [2.05, 4.69) is 24.4 Å². The van der Waals surface area contributed by atoms with Gasteiger partial charge in [-0.1, -0.05) is 37.6 Å². The first kappa shape index (κ1) is 17.9. The van der Waals surface area contributed by atoms with Gasteiger partial charge in [-0.2, -0.15) is 5.10 Å². The summed E-state index contributed by atoms with van der Waals surface area (Å²) >= 11 is 5.85. The van der Waals surface area contributed by atoms with Crippen molar-refractivity contribution in [2.75, 3.05) is 6.61 Å². The molecule has 0 saturated heterocycles. The highest BCUT2D eigenvalue weighted by molar-refractivity contribution is 6.33. The quantitative estimate of drug-likeness (QED) is 0.630. The molecular formula is C18H18ClFN2O2. The third kappa shape index (κ3) is 5.35. The van der Waals surface area contributed by atoms with Gasteiger partial charge in [-0.3, -0.25) is 4.79 Å². The fourth-order valence-electron chi connectivity index (χ4n) is 1.91. The van der Waals surface area contributed by atoms with Crippen LogP contribution < -0.4 is 10.2 Å². The minimum Gasteiger partial charge on any atom is -0.484 e. The molecule has 0 radical (unpaired) electrons. The summed E-state index contributed by atoms with van der Waals surface area (Å²) in [6.45, 7) is 4.05. The zero-order valence-electron chi connectivity index (χ0n) is 13.4. The summed E-state index contributed by atoms with van der Waals surface area (Å²) < 4.78 is 18.3. The summed E-state index contributed by atoms with van der Waals surface area (Å²) in [5.41, 5.74) is 4.03. The maximum Gasteiger partial charge on any atom is 0.277 e. The fraction of sp³-hybridized carbons (Fsp3) is 0.222. The lowest BCUT2D eigenvalue weighted by Crippen LogP contribution is -2.24. The third-order valence-corrected chi connectivity index (χ3v) is 3.60. The Hall–Kier alpha value is -2.40. The summed E-state index contributed by atoms with van der Waals surface area (Å²) in [6, 6.07) is 11.5. The van der Waals surface area contributed by atoms with Gasteiger partial charge in [0, 0.05) is 5.56 Å². The van der Waals surface area contributed by atoms with Crippen LogP contribution in [0, 0.1) is 5.82 Å². The molecular weight excluding hydrogens is 331 g/mol. The molecule has 126 valence electrons. The summed E-state index contributed by atoms with van der Waals surface area (Å²) in [5, 5.41) is 3.99. The third-order valence-electron chi connectivity index (χ3n) is 3.27. The number of hydrogen-bond donors (Lipinski definition) is 1. The molecule has 6 heteroatoms. The number of amides is 1. The Morgan fingerprint density at radius 3 is 2.62 bits per heavy atom. The van der Waals surface area contributed by atoms with E-state index in [4.69, 9.17) is 16.3 Å². The SMILES string of the molecule is CC(C)c1ccc(OCC(=O)N/N=C/c2ccc(F)cc2Cl)cc1. The highest BCUT2D eigenvalue weighted by Gasteiger charge is 2.04. The van der Waals surface area contributed by atoms with E-state index in [1.807, 2.05) is 24.3 Å². The number of benzene rings is 2. The van der Waals surface area contributed by atoms with Crippen LogP contribution in [0.2, 0.25) is 5.02 Å². The van der Waals surface area contributed by atoms with Gasteiger partial charge < -0.3 is 4.74 Å². The summed E-state index contributed by atoms with van der Waals surface area (Å²) in [5.74, 6) is 0.213. The van der Waals surface area contributed by atoms with Crippen molar-refractivity contribution in [2.24, 2.45) is 5.10 Å². The number of nitrogens with one attached hydrogen (secondary N) is 1. The number of ether oxygens (including phenoxy) is 1. The first-order chi connectivity index (χ1) is 11.5. The monoisotopic (exact) mass is 348 g/mol. The highest BCUT2D eigenvalue weighted by atomic mass is 35.5. The van der Waals surface area contributed by atoms with Crippen LogP contribution in [0.3, 0.4) is 0 Å². The van der Waals surface area contributed by atoms with Crippen molar-refractivity contribution in [3.05, 3.63) is 64.4 Å². The molecule has 0 aliphatic heterocycles. The molecule has 24 heavy (non-hydrogen) atoms. The molecule has 4 nitrogen and oxygen atoms in total. The number of halogens is 2. The molecule has 1 amide bonds. The van der Waals surface area contributed by atoms with Crippen molar-refractivity contribution in [1.29, 1.82) is 0 Å². The summed E-state index contributed by atoms with van der Waals surface area (Å²) in [4.78, 5) is 11.7. The summed E-state index contributed by atoms with van der Waals surface area (Å²) in [7, 11) is 0. The lowest BCUT2D eigenvalue weighted by Gasteiger charge is -2.08. The van der Waals surface area contributed by atoms with E-state index in [0.717, 1.165) is 0 Å². The van der Waals surface area contributed by atoms with Crippen molar-refractivity contribution in [2.45, 2.75) is 19.8 Å². The zero-order chi connectivity index (χ0) is 17.5. The maximum absolute atomic E-state index is 12.9. The van der Waals surface area contributed by atoms with Gasteiger partial charge in [0.2, 0.25) is 0 Å². The second-order valence-corrected chi connectivity index (χ2v) is 5.88. The normalized spacial score (nSPS) is 11.0. The Kier molecular flexibility index (Phi) is 6.32. The molecule has 2 rings (SSSR count). The van der Waals surface area contributed by atoms with E-state index in [1.54, 1.807) is 0 Å². The molecule has 2 aromatic rings. The topological polar surface area (TPSA) is 50.7 Å². The lowest BCUT2D eigenvalue weighted by atomic mass is 10.0. The number of carbonyl (C=O) groups is 1. The molecule has 0 saturated carbocycles. The van der Waals surface area contributed by atoms with Gasteiger partial charge in [-0.05, 0) is 41.8 Å². The van der Waals surface area contributed by atoms with Crippen LogP contribution in [0.5, 0.6) is 5.75 Å². The smallest absolute Gasteiger partial charge is 0.277 e. The van der Waals surface area contributed by atoms with Crippen molar-refractivity contribution < 1.29 is 13.9 Å². The average molecular weight is 349 g/mol. The van der Waals surface area contributed by atoms with Crippen LogP contribution in [0.4, 0.5) is 4.39 Å². The van der Waals surface area contributed by atoms with Crippen molar-refractivity contribution in [1.82, 2.24) is 5.43 Å². The number of rotatable bonds is 6. The van der Waals surface area contributed by atoms with E-state index < -0.39 is 11.7 Å². The standard InChI is InChI=1S/C18H18ClFN2O2/c1-12(2)13-4-7-16(8-5-13)24-11-18(23)22-21-10-14-3-6-15(20)9-17(14)19/h3-10,12H,11H2,1-2H3,(H,22,23)/b21-10+. The Morgan fingerprint density at radius 2 is 2.00 bits per heavy atom.